The summed E-state index contributed by atoms with van der Waals surface area (Å²) in [5, 5.41) is 0. The fourth-order valence-corrected chi connectivity index (χ4v) is 2.60. The van der Waals surface area contributed by atoms with Crippen LogP contribution in [-0.2, 0) is 0 Å². The van der Waals surface area contributed by atoms with Crippen molar-refractivity contribution in [3.63, 3.8) is 0 Å². The molecule has 0 aliphatic heterocycles. The largest absolute Gasteiger partial charge is 0.0625 e. The van der Waals surface area contributed by atoms with Crippen LogP contribution >= 0.6 is 0 Å². The molecule has 0 radical (unpaired) electrons. The van der Waals surface area contributed by atoms with Crippen molar-refractivity contribution >= 4 is 0 Å². The lowest BCUT2D eigenvalue weighted by molar-refractivity contribution is 0.224. The lowest BCUT2D eigenvalue weighted by atomic mass is 9.78. The number of hydrogen-bond acceptors (Lipinski definition) is 0. The van der Waals surface area contributed by atoms with Crippen LogP contribution in [0.25, 0.3) is 0 Å². The summed E-state index contributed by atoms with van der Waals surface area (Å²) >= 11 is 0. The molecule has 78 valence electrons. The molecule has 0 aromatic rings. The normalized spacial score (nSPS) is 20.3. The van der Waals surface area contributed by atoms with Crippen molar-refractivity contribution in [2.75, 3.05) is 0 Å². The quantitative estimate of drug-likeness (QED) is 0.593. The van der Waals surface area contributed by atoms with E-state index in [0.29, 0.717) is 0 Å². The van der Waals surface area contributed by atoms with Gasteiger partial charge in [0.2, 0.25) is 0 Å². The second-order valence-electron chi connectivity index (χ2n) is 5.70. The summed E-state index contributed by atoms with van der Waals surface area (Å²) in [4.78, 5) is 0. The van der Waals surface area contributed by atoms with Crippen molar-refractivity contribution in [3.05, 3.63) is 0 Å². The molecule has 0 saturated heterocycles. The highest BCUT2D eigenvalue weighted by Crippen LogP contribution is 2.41. The third-order valence-corrected chi connectivity index (χ3v) is 3.78. The van der Waals surface area contributed by atoms with E-state index in [-0.39, 0.29) is 0 Å². The summed E-state index contributed by atoms with van der Waals surface area (Å²) in [6, 6.07) is 0. The van der Waals surface area contributed by atoms with Crippen LogP contribution in [0.2, 0.25) is 0 Å². The fraction of sp³-hybridized carbons (Fsp3) is 1.00. The molecule has 0 heterocycles. The monoisotopic (exact) mass is 182 g/mol. The molecule has 0 aromatic carbocycles. The van der Waals surface area contributed by atoms with Gasteiger partial charge in [-0.3, -0.25) is 0 Å². The van der Waals surface area contributed by atoms with Crippen molar-refractivity contribution < 1.29 is 0 Å². The second kappa shape index (κ2) is 4.48. The summed E-state index contributed by atoms with van der Waals surface area (Å²) in [6.45, 7) is 12.0. The number of rotatable bonds is 5. The van der Waals surface area contributed by atoms with E-state index in [1.807, 2.05) is 0 Å². The molecule has 0 spiro atoms. The third kappa shape index (κ3) is 3.32. The SMILES string of the molecule is CC(C)C(CC(C)C1CC1)C(C)C. The van der Waals surface area contributed by atoms with Gasteiger partial charge in [0.1, 0.15) is 0 Å². The molecule has 1 aliphatic carbocycles. The molecular formula is C13H26. The van der Waals surface area contributed by atoms with E-state index in [1.54, 1.807) is 0 Å². The van der Waals surface area contributed by atoms with Crippen molar-refractivity contribution in [1.82, 2.24) is 0 Å². The third-order valence-electron chi connectivity index (χ3n) is 3.78. The predicted octanol–water partition coefficient (Wildman–Crippen LogP) is 4.35. The summed E-state index contributed by atoms with van der Waals surface area (Å²) in [5.41, 5.74) is 0. The summed E-state index contributed by atoms with van der Waals surface area (Å²) in [6.07, 6.45) is 4.47. The lowest BCUT2D eigenvalue weighted by Gasteiger charge is -2.27. The van der Waals surface area contributed by atoms with E-state index in [0.717, 1.165) is 29.6 Å². The average molecular weight is 182 g/mol. The molecule has 0 N–H and O–H groups in total. The van der Waals surface area contributed by atoms with Crippen LogP contribution in [0.5, 0.6) is 0 Å². The van der Waals surface area contributed by atoms with Crippen molar-refractivity contribution in [1.29, 1.82) is 0 Å². The van der Waals surface area contributed by atoms with E-state index in [9.17, 15) is 0 Å². The van der Waals surface area contributed by atoms with Crippen LogP contribution in [0.3, 0.4) is 0 Å². The molecular weight excluding hydrogens is 156 g/mol. The van der Waals surface area contributed by atoms with Crippen molar-refractivity contribution in [3.8, 4) is 0 Å². The molecule has 0 bridgehead atoms. The van der Waals surface area contributed by atoms with Gasteiger partial charge in [-0.05, 0) is 48.9 Å². The maximum Gasteiger partial charge on any atom is -0.0365 e. The van der Waals surface area contributed by atoms with E-state index < -0.39 is 0 Å². The van der Waals surface area contributed by atoms with Crippen LogP contribution in [0, 0.1) is 29.6 Å². The lowest BCUT2D eigenvalue weighted by Crippen LogP contribution is -2.19. The zero-order valence-corrected chi connectivity index (χ0v) is 10.0. The maximum absolute atomic E-state index is 2.45. The van der Waals surface area contributed by atoms with Gasteiger partial charge in [0.15, 0.2) is 0 Å². The molecule has 0 amide bonds. The Kier molecular flexibility index (Phi) is 3.82. The second-order valence-corrected chi connectivity index (χ2v) is 5.70. The first-order valence-corrected chi connectivity index (χ1v) is 6.02. The molecule has 1 atom stereocenters. The van der Waals surface area contributed by atoms with Gasteiger partial charge in [-0.1, -0.05) is 34.6 Å². The van der Waals surface area contributed by atoms with Crippen LogP contribution in [-0.4, -0.2) is 0 Å². The molecule has 0 aromatic heterocycles. The molecule has 0 heteroatoms. The van der Waals surface area contributed by atoms with Crippen molar-refractivity contribution in [2.45, 2.75) is 53.9 Å². The van der Waals surface area contributed by atoms with Gasteiger partial charge in [-0.15, -0.1) is 0 Å². The zero-order chi connectivity index (χ0) is 10.0. The molecule has 13 heavy (non-hydrogen) atoms. The van der Waals surface area contributed by atoms with E-state index in [4.69, 9.17) is 0 Å². The van der Waals surface area contributed by atoms with Crippen LogP contribution in [0.15, 0.2) is 0 Å². The molecule has 0 nitrogen and oxygen atoms in total. The highest BCUT2D eigenvalue weighted by atomic mass is 14.4. The first kappa shape index (κ1) is 11.1. The Morgan fingerprint density at radius 1 is 0.923 bits per heavy atom. The van der Waals surface area contributed by atoms with Gasteiger partial charge >= 0.3 is 0 Å². The van der Waals surface area contributed by atoms with Crippen LogP contribution < -0.4 is 0 Å². The highest BCUT2D eigenvalue weighted by Gasteiger charge is 2.31. The first-order chi connectivity index (χ1) is 6.02. The topological polar surface area (TPSA) is 0 Å². The van der Waals surface area contributed by atoms with Gasteiger partial charge in [0.25, 0.3) is 0 Å². The Balaban J connectivity index is 2.36. The molecule has 1 rings (SSSR count). The van der Waals surface area contributed by atoms with Crippen LogP contribution in [0.1, 0.15) is 53.9 Å². The zero-order valence-electron chi connectivity index (χ0n) is 10.0. The van der Waals surface area contributed by atoms with E-state index >= 15 is 0 Å². The minimum Gasteiger partial charge on any atom is -0.0625 e. The first-order valence-electron chi connectivity index (χ1n) is 6.02. The van der Waals surface area contributed by atoms with E-state index in [1.165, 1.54) is 19.3 Å². The Morgan fingerprint density at radius 3 is 1.69 bits per heavy atom. The minimum atomic E-state index is 0.862. The van der Waals surface area contributed by atoms with Crippen molar-refractivity contribution in [2.24, 2.45) is 29.6 Å². The summed E-state index contributed by atoms with van der Waals surface area (Å²) < 4.78 is 0. The Morgan fingerprint density at radius 2 is 1.38 bits per heavy atom. The Labute approximate surface area is 84.1 Å². The molecule has 1 fully saturated rings. The maximum atomic E-state index is 2.45. The fourth-order valence-electron chi connectivity index (χ4n) is 2.60. The average Bonchev–Trinajstić information content (AvgIpc) is 2.80. The smallest absolute Gasteiger partial charge is 0.0365 e. The summed E-state index contributed by atoms with van der Waals surface area (Å²) in [5.74, 6) is 4.73. The molecule has 1 aliphatic rings. The molecule has 1 saturated carbocycles. The van der Waals surface area contributed by atoms with E-state index in [2.05, 4.69) is 34.6 Å². The molecule has 1 unspecified atom stereocenters. The van der Waals surface area contributed by atoms with Gasteiger partial charge in [0.05, 0.1) is 0 Å². The highest BCUT2D eigenvalue weighted by molar-refractivity contribution is 4.81. The van der Waals surface area contributed by atoms with Gasteiger partial charge in [0, 0.05) is 0 Å². The Hall–Kier alpha value is 0. The predicted molar refractivity (Wildman–Crippen MR) is 59.7 cm³/mol. The standard InChI is InChI=1S/C13H26/c1-9(2)13(10(3)4)8-11(5)12-6-7-12/h9-13H,6-8H2,1-5H3. The minimum absolute atomic E-state index is 0.862. The van der Waals surface area contributed by atoms with Gasteiger partial charge in [-0.25, -0.2) is 0 Å². The van der Waals surface area contributed by atoms with Gasteiger partial charge in [-0.2, -0.15) is 0 Å². The number of hydrogen-bond donors (Lipinski definition) is 0. The van der Waals surface area contributed by atoms with Gasteiger partial charge < -0.3 is 0 Å². The summed E-state index contributed by atoms with van der Waals surface area (Å²) in [7, 11) is 0. The Bertz CT molecular complexity index is 134. The van der Waals surface area contributed by atoms with Crippen LogP contribution in [0.4, 0.5) is 0 Å².